The van der Waals surface area contributed by atoms with E-state index in [0.717, 1.165) is 31.2 Å². The summed E-state index contributed by atoms with van der Waals surface area (Å²) >= 11 is 6.83. The fourth-order valence-corrected chi connectivity index (χ4v) is 5.34. The van der Waals surface area contributed by atoms with E-state index in [9.17, 15) is 9.59 Å². The monoisotopic (exact) mass is 448 g/mol. The molecule has 3 rings (SSSR count). The van der Waals surface area contributed by atoms with Crippen molar-refractivity contribution in [1.29, 1.82) is 0 Å². The Morgan fingerprint density at radius 3 is 2.77 bits per heavy atom. The van der Waals surface area contributed by atoms with Gasteiger partial charge in [-0.1, -0.05) is 27.2 Å². The molecule has 0 saturated carbocycles. The van der Waals surface area contributed by atoms with Gasteiger partial charge in [-0.3, -0.25) is 10.1 Å². The van der Waals surface area contributed by atoms with Gasteiger partial charge in [0.1, 0.15) is 5.00 Å². The molecule has 1 aliphatic carbocycles. The summed E-state index contributed by atoms with van der Waals surface area (Å²) in [6.07, 6.45) is 5.33. The van der Waals surface area contributed by atoms with Gasteiger partial charge in [-0.25, -0.2) is 4.79 Å². The molecule has 1 amide bonds. The van der Waals surface area contributed by atoms with E-state index in [2.05, 4.69) is 31.4 Å². The number of thiophene rings is 1. The summed E-state index contributed by atoms with van der Waals surface area (Å²) < 4.78 is 10.4. The van der Waals surface area contributed by atoms with E-state index < -0.39 is 5.91 Å². The highest BCUT2D eigenvalue weighted by molar-refractivity contribution is 7.80. The Bertz CT molecular complexity index is 931. The average molecular weight is 449 g/mol. The van der Waals surface area contributed by atoms with Crippen molar-refractivity contribution in [3.05, 3.63) is 40.2 Å². The molecule has 1 aliphatic rings. The number of rotatable bonds is 6. The minimum Gasteiger partial charge on any atom is -0.462 e. The first-order valence-electron chi connectivity index (χ1n) is 10.2. The van der Waals surface area contributed by atoms with Crippen molar-refractivity contribution in [2.24, 2.45) is 11.3 Å². The van der Waals surface area contributed by atoms with E-state index in [-0.39, 0.29) is 22.3 Å². The van der Waals surface area contributed by atoms with Crippen LogP contribution < -0.4 is 10.6 Å². The van der Waals surface area contributed by atoms with Gasteiger partial charge in [0.05, 0.1) is 18.4 Å². The van der Waals surface area contributed by atoms with Crippen LogP contribution in [0.1, 0.15) is 71.9 Å². The zero-order chi connectivity index (χ0) is 21.9. The fraction of sp³-hybridized carbons (Fsp3) is 0.500. The fourth-order valence-electron chi connectivity index (χ4n) is 3.76. The molecule has 8 heteroatoms. The predicted octanol–water partition coefficient (Wildman–Crippen LogP) is 5.19. The van der Waals surface area contributed by atoms with Crippen molar-refractivity contribution in [3.63, 3.8) is 0 Å². The molecule has 162 valence electrons. The van der Waals surface area contributed by atoms with Crippen molar-refractivity contribution >= 4 is 45.5 Å². The number of amides is 1. The molecule has 0 fully saturated rings. The first-order chi connectivity index (χ1) is 14.3. The van der Waals surface area contributed by atoms with Crippen LogP contribution in [0, 0.1) is 11.3 Å². The molecule has 6 nitrogen and oxygen atoms in total. The van der Waals surface area contributed by atoms with Crippen LogP contribution >= 0.6 is 23.6 Å². The van der Waals surface area contributed by atoms with Gasteiger partial charge in [-0.2, -0.15) is 0 Å². The van der Waals surface area contributed by atoms with Crippen LogP contribution in [0.25, 0.3) is 0 Å². The number of carbonyl (C=O) groups is 2. The lowest BCUT2D eigenvalue weighted by Crippen LogP contribution is -2.34. The topological polar surface area (TPSA) is 80.6 Å². The van der Waals surface area contributed by atoms with Crippen LogP contribution in [0.3, 0.4) is 0 Å². The molecule has 0 radical (unpaired) electrons. The lowest BCUT2D eigenvalue weighted by Gasteiger charge is -2.36. The standard InChI is InChI=1S/C22H28N2O4S2/c1-5-22(3,4)13-9-10-14-16(12-13)30-19(17(14)20(26)27-6-2)24-21(29)23-18(25)15-8-7-11-28-15/h7-8,11,13H,5-6,9-10,12H2,1-4H3,(H2,23,24,25,29)/t13-/m1/s1. The van der Waals surface area contributed by atoms with Gasteiger partial charge in [0, 0.05) is 4.88 Å². The third-order valence-electron chi connectivity index (χ3n) is 5.96. The zero-order valence-electron chi connectivity index (χ0n) is 17.8. The van der Waals surface area contributed by atoms with Gasteiger partial charge in [-0.15, -0.1) is 11.3 Å². The summed E-state index contributed by atoms with van der Waals surface area (Å²) in [5, 5.41) is 6.38. The minimum absolute atomic E-state index is 0.117. The molecule has 2 heterocycles. The molecule has 30 heavy (non-hydrogen) atoms. The second-order valence-corrected chi connectivity index (χ2v) is 9.61. The Labute approximate surface area is 186 Å². The average Bonchev–Trinajstić information content (AvgIpc) is 3.35. The van der Waals surface area contributed by atoms with Gasteiger partial charge in [-0.05, 0) is 67.4 Å². The molecule has 0 bridgehead atoms. The molecule has 2 aromatic heterocycles. The van der Waals surface area contributed by atoms with E-state index in [0.29, 0.717) is 23.1 Å². The van der Waals surface area contributed by atoms with E-state index in [1.165, 1.54) is 22.5 Å². The summed E-state index contributed by atoms with van der Waals surface area (Å²) in [6.45, 7) is 8.93. The normalized spacial score (nSPS) is 15.9. The van der Waals surface area contributed by atoms with E-state index in [4.69, 9.17) is 21.4 Å². The lowest BCUT2D eigenvalue weighted by molar-refractivity contribution is 0.0526. The van der Waals surface area contributed by atoms with E-state index in [1.54, 1.807) is 19.1 Å². The number of esters is 1. The maximum Gasteiger partial charge on any atom is 0.341 e. The second kappa shape index (κ2) is 9.31. The van der Waals surface area contributed by atoms with Crippen LogP contribution in [-0.4, -0.2) is 23.6 Å². The molecular weight excluding hydrogens is 420 g/mol. The Morgan fingerprint density at radius 1 is 1.37 bits per heavy atom. The molecule has 0 saturated heterocycles. The highest BCUT2D eigenvalue weighted by Crippen LogP contribution is 2.45. The van der Waals surface area contributed by atoms with Crippen molar-refractivity contribution < 1.29 is 18.7 Å². The van der Waals surface area contributed by atoms with Crippen molar-refractivity contribution in [2.75, 3.05) is 11.9 Å². The first-order valence-corrected chi connectivity index (χ1v) is 11.5. The summed E-state index contributed by atoms with van der Waals surface area (Å²) in [6, 6.07) is 3.19. The smallest absolute Gasteiger partial charge is 0.341 e. The molecule has 0 aliphatic heterocycles. The van der Waals surface area contributed by atoms with Crippen LogP contribution in [0.5, 0.6) is 0 Å². The number of thiocarbonyl (C=S) groups is 1. The molecule has 2 N–H and O–H groups in total. The number of anilines is 1. The Balaban J connectivity index is 1.84. The SMILES string of the molecule is CCOC(=O)c1c(NC(=S)NC(=O)c2ccco2)sc2c1CC[C@@H](C(C)(C)CC)C2. The Morgan fingerprint density at radius 2 is 2.13 bits per heavy atom. The Kier molecular flexibility index (Phi) is 6.98. The molecule has 1 atom stereocenters. The van der Waals surface area contributed by atoms with Gasteiger partial charge >= 0.3 is 5.97 Å². The first kappa shape index (κ1) is 22.5. The lowest BCUT2D eigenvalue weighted by atomic mass is 9.69. The van der Waals surface area contributed by atoms with E-state index in [1.807, 2.05) is 0 Å². The molecular formula is C22H28N2O4S2. The van der Waals surface area contributed by atoms with Crippen molar-refractivity contribution in [1.82, 2.24) is 5.32 Å². The number of hydrogen-bond acceptors (Lipinski definition) is 6. The number of carbonyl (C=O) groups excluding carboxylic acids is 2. The van der Waals surface area contributed by atoms with Crippen LogP contribution in [-0.2, 0) is 17.6 Å². The molecule has 0 aromatic carbocycles. The summed E-state index contributed by atoms with van der Waals surface area (Å²) in [4.78, 5) is 26.1. The zero-order valence-corrected chi connectivity index (χ0v) is 19.4. The number of ether oxygens (including phenoxy) is 1. The van der Waals surface area contributed by atoms with Gasteiger partial charge < -0.3 is 14.5 Å². The second-order valence-electron chi connectivity index (χ2n) is 8.10. The van der Waals surface area contributed by atoms with Crippen molar-refractivity contribution in [2.45, 2.75) is 53.4 Å². The summed E-state index contributed by atoms with van der Waals surface area (Å²) in [5.41, 5.74) is 1.83. The van der Waals surface area contributed by atoms with Gasteiger partial charge in [0.25, 0.3) is 5.91 Å². The summed E-state index contributed by atoms with van der Waals surface area (Å²) in [7, 11) is 0. The maximum atomic E-state index is 12.7. The van der Waals surface area contributed by atoms with Gasteiger partial charge in [0.15, 0.2) is 10.9 Å². The van der Waals surface area contributed by atoms with E-state index >= 15 is 0 Å². The largest absolute Gasteiger partial charge is 0.462 e. The minimum atomic E-state index is -0.443. The quantitative estimate of drug-likeness (QED) is 0.468. The van der Waals surface area contributed by atoms with Crippen molar-refractivity contribution in [3.8, 4) is 0 Å². The van der Waals surface area contributed by atoms with Crippen LogP contribution in [0.15, 0.2) is 22.8 Å². The third-order valence-corrected chi connectivity index (χ3v) is 7.33. The number of furan rings is 1. The number of fused-ring (bicyclic) bond motifs is 1. The molecule has 0 unspecified atom stereocenters. The van der Waals surface area contributed by atoms with Crippen LogP contribution in [0.2, 0.25) is 0 Å². The highest BCUT2D eigenvalue weighted by atomic mass is 32.1. The maximum absolute atomic E-state index is 12.7. The molecule has 2 aromatic rings. The molecule has 0 spiro atoms. The predicted molar refractivity (Wildman–Crippen MR) is 122 cm³/mol. The third kappa shape index (κ3) is 4.75. The number of hydrogen-bond donors (Lipinski definition) is 2. The Hall–Kier alpha value is -2.19. The highest BCUT2D eigenvalue weighted by Gasteiger charge is 2.35. The number of nitrogens with one attached hydrogen (secondary N) is 2. The van der Waals surface area contributed by atoms with Gasteiger partial charge in [0.2, 0.25) is 0 Å². The summed E-state index contributed by atoms with van der Waals surface area (Å²) in [5.74, 6) is -0.0749. The van der Waals surface area contributed by atoms with Crippen LogP contribution in [0.4, 0.5) is 5.00 Å².